The van der Waals surface area contributed by atoms with Gasteiger partial charge in [0.25, 0.3) is 0 Å². The minimum atomic E-state index is -1.35. The fourth-order valence-corrected chi connectivity index (χ4v) is 7.81. The number of hydrogen-bond acceptors (Lipinski definition) is 11. The van der Waals surface area contributed by atoms with Crippen LogP contribution in [0.2, 0.25) is 0 Å². The lowest BCUT2D eigenvalue weighted by atomic mass is 9.43. The lowest BCUT2D eigenvalue weighted by Crippen LogP contribution is -2.72. The van der Waals surface area contributed by atoms with E-state index in [4.69, 9.17) is 23.4 Å². The number of ketones is 1. The van der Waals surface area contributed by atoms with Crippen molar-refractivity contribution in [2.24, 2.45) is 22.7 Å². The Labute approximate surface area is 242 Å². The molecule has 42 heavy (non-hydrogen) atoms. The minimum Gasteiger partial charge on any atom is -0.482 e. The number of fused-ring (bicyclic) bond motifs is 4. The van der Waals surface area contributed by atoms with Crippen LogP contribution in [0.15, 0.2) is 39.8 Å². The molecule has 0 N–H and O–H groups in total. The third-order valence-electron chi connectivity index (χ3n) is 9.52. The van der Waals surface area contributed by atoms with Gasteiger partial charge in [0, 0.05) is 50.2 Å². The van der Waals surface area contributed by atoms with E-state index < -0.39 is 69.8 Å². The summed E-state index contributed by atoms with van der Waals surface area (Å²) in [5, 5.41) is 0. The van der Waals surface area contributed by atoms with E-state index in [9.17, 15) is 24.0 Å². The summed E-state index contributed by atoms with van der Waals surface area (Å²) in [6.45, 7) is 9.34. The van der Waals surface area contributed by atoms with Crippen LogP contribution >= 0.6 is 0 Å². The molecule has 2 aromatic rings. The Bertz CT molecular complexity index is 1500. The average Bonchev–Trinajstić information content (AvgIpc) is 2.90. The number of Topliss-reactive ketones (excluding diaryl/α,β-unsaturated/α-hetero) is 1. The van der Waals surface area contributed by atoms with Crippen molar-refractivity contribution in [2.45, 2.75) is 78.6 Å². The number of rotatable bonds is 5. The molecule has 0 aromatic carbocycles. The highest BCUT2D eigenvalue weighted by Gasteiger charge is 2.71. The fourth-order valence-electron chi connectivity index (χ4n) is 7.81. The first-order chi connectivity index (χ1) is 19.7. The number of nitrogens with zero attached hydrogens (tertiary/aromatic N) is 1. The highest BCUT2D eigenvalue weighted by Crippen LogP contribution is 2.65. The maximum absolute atomic E-state index is 14.5. The molecule has 2 saturated carbocycles. The number of esters is 3. The summed E-state index contributed by atoms with van der Waals surface area (Å²) in [5.74, 6) is -3.15. The van der Waals surface area contributed by atoms with Crippen LogP contribution in [0, 0.1) is 22.7 Å². The molecule has 11 nitrogen and oxygen atoms in total. The summed E-state index contributed by atoms with van der Waals surface area (Å²) in [6, 6.07) is 4.84. The van der Waals surface area contributed by atoms with Crippen molar-refractivity contribution in [3.05, 3.63) is 46.6 Å². The molecule has 1 aliphatic heterocycles. The third kappa shape index (κ3) is 4.68. The summed E-state index contributed by atoms with van der Waals surface area (Å²) in [6.07, 6.45) is 2.61. The van der Waals surface area contributed by atoms with Gasteiger partial charge in [-0.05, 0) is 49.7 Å². The molecule has 224 valence electrons. The van der Waals surface area contributed by atoms with Gasteiger partial charge >= 0.3 is 23.5 Å². The van der Waals surface area contributed by atoms with Crippen LogP contribution < -0.4 is 10.4 Å². The van der Waals surface area contributed by atoms with Gasteiger partial charge < -0.3 is 23.4 Å². The monoisotopic (exact) mass is 581 g/mol. The normalized spacial score (nSPS) is 33.2. The number of ether oxygens (including phenoxy) is 4. The molecule has 0 amide bonds. The van der Waals surface area contributed by atoms with Crippen molar-refractivity contribution in [1.82, 2.24) is 4.98 Å². The largest absolute Gasteiger partial charge is 0.482 e. The summed E-state index contributed by atoms with van der Waals surface area (Å²) in [5.41, 5.74) is -3.59. The van der Waals surface area contributed by atoms with Crippen molar-refractivity contribution in [1.29, 1.82) is 0 Å². The van der Waals surface area contributed by atoms with Gasteiger partial charge in [-0.25, -0.2) is 4.79 Å². The molecule has 2 aromatic heterocycles. The van der Waals surface area contributed by atoms with Crippen LogP contribution in [0.3, 0.4) is 0 Å². The van der Waals surface area contributed by atoms with Crippen LogP contribution in [0.25, 0.3) is 11.3 Å². The van der Waals surface area contributed by atoms with Crippen molar-refractivity contribution >= 4 is 23.7 Å². The molecule has 3 aliphatic rings. The highest BCUT2D eigenvalue weighted by molar-refractivity contribution is 6.02. The van der Waals surface area contributed by atoms with E-state index in [1.165, 1.54) is 26.8 Å². The van der Waals surface area contributed by atoms with Crippen LogP contribution in [0.4, 0.5) is 0 Å². The van der Waals surface area contributed by atoms with Gasteiger partial charge in [0.1, 0.15) is 35.9 Å². The Morgan fingerprint density at radius 3 is 2.24 bits per heavy atom. The second kappa shape index (κ2) is 10.4. The molecule has 11 heteroatoms. The van der Waals surface area contributed by atoms with Gasteiger partial charge in [-0.15, -0.1) is 0 Å². The van der Waals surface area contributed by atoms with Gasteiger partial charge in [-0.2, -0.15) is 0 Å². The Morgan fingerprint density at radius 1 is 0.976 bits per heavy atom. The fraction of sp³-hybridized carbons (Fsp3) is 0.548. The molecule has 3 heterocycles. The molecule has 0 unspecified atom stereocenters. The Balaban J connectivity index is 1.67. The molecular formula is C31H35NO10. The Kier molecular flexibility index (Phi) is 7.27. The predicted molar refractivity (Wildman–Crippen MR) is 146 cm³/mol. The third-order valence-corrected chi connectivity index (χ3v) is 9.52. The predicted octanol–water partition coefficient (Wildman–Crippen LogP) is 3.90. The van der Waals surface area contributed by atoms with Crippen LogP contribution in [0.1, 0.15) is 71.2 Å². The van der Waals surface area contributed by atoms with Crippen LogP contribution in [0.5, 0.6) is 5.75 Å². The maximum atomic E-state index is 14.5. The first-order valence-corrected chi connectivity index (χ1v) is 14.0. The van der Waals surface area contributed by atoms with E-state index >= 15 is 0 Å². The van der Waals surface area contributed by atoms with E-state index in [-0.39, 0.29) is 30.1 Å². The molecule has 5 rings (SSSR count). The highest BCUT2D eigenvalue weighted by atomic mass is 16.6. The lowest BCUT2D eigenvalue weighted by Gasteiger charge is -2.65. The maximum Gasteiger partial charge on any atom is 0.351 e. The summed E-state index contributed by atoms with van der Waals surface area (Å²) >= 11 is 0. The topological polar surface area (TPSA) is 148 Å². The molecule has 0 radical (unpaired) electrons. The van der Waals surface area contributed by atoms with Crippen molar-refractivity contribution < 1.29 is 42.5 Å². The van der Waals surface area contributed by atoms with E-state index in [0.717, 1.165) is 0 Å². The van der Waals surface area contributed by atoms with E-state index in [2.05, 4.69) is 4.98 Å². The smallest absolute Gasteiger partial charge is 0.351 e. The number of aromatic nitrogens is 1. The zero-order valence-corrected chi connectivity index (χ0v) is 24.6. The van der Waals surface area contributed by atoms with Gasteiger partial charge in [0.05, 0.1) is 5.92 Å². The zero-order chi connectivity index (χ0) is 30.6. The SMILES string of the molecule is CC(=O)OC[C@@]1(C)[C@@H]2C[C@H](OC(C)=O)[C@@]3(C)Oc4cc(-c5ccncc5)oc(=O)c4C(=O)[C@@H]3[C@@]2(C)CC[C@@H]1OC(C)=O. The summed E-state index contributed by atoms with van der Waals surface area (Å²) < 4.78 is 29.3. The average molecular weight is 582 g/mol. The molecule has 0 bridgehead atoms. The van der Waals surface area contributed by atoms with Crippen molar-refractivity contribution in [2.75, 3.05) is 6.61 Å². The number of hydrogen-bond donors (Lipinski definition) is 0. The number of carbonyl (C=O) groups is 4. The van der Waals surface area contributed by atoms with Gasteiger partial charge in [0.2, 0.25) is 0 Å². The first kappa shape index (κ1) is 29.5. The second-order valence-electron chi connectivity index (χ2n) is 12.3. The minimum absolute atomic E-state index is 0.0530. The van der Waals surface area contributed by atoms with E-state index in [0.29, 0.717) is 18.4 Å². The summed E-state index contributed by atoms with van der Waals surface area (Å²) in [7, 11) is 0. The Morgan fingerprint density at radius 2 is 1.62 bits per heavy atom. The standard InChI is InChI=1S/C31H35NO10/c1-16(33)38-15-30(5)22-14-24(40-18(3)35)31(6)27(29(22,4)10-7-23(30)39-17(2)34)26(36)25-21(42-31)13-20(41-28(25)37)19-8-11-32-12-9-19/h8-9,11-13,22-24,27H,7,10,14-15H2,1-6H3/t22-,23+,24+,27-,29+,30+,31-/m1/s1. The molecule has 0 saturated heterocycles. The van der Waals surface area contributed by atoms with Gasteiger partial charge in [-0.3, -0.25) is 24.2 Å². The van der Waals surface area contributed by atoms with Crippen molar-refractivity contribution in [3.8, 4) is 17.1 Å². The molecule has 7 atom stereocenters. The van der Waals surface area contributed by atoms with Crippen LogP contribution in [-0.2, 0) is 28.6 Å². The quantitative estimate of drug-likeness (QED) is 0.374. The van der Waals surface area contributed by atoms with Crippen molar-refractivity contribution in [3.63, 3.8) is 0 Å². The molecule has 2 aliphatic carbocycles. The summed E-state index contributed by atoms with van der Waals surface area (Å²) in [4.78, 5) is 68.3. The second-order valence-corrected chi connectivity index (χ2v) is 12.3. The first-order valence-electron chi connectivity index (χ1n) is 14.0. The van der Waals surface area contributed by atoms with E-state index in [1.807, 2.05) is 13.8 Å². The molecule has 2 fully saturated rings. The molecular weight excluding hydrogens is 546 g/mol. The molecule has 0 spiro atoms. The van der Waals surface area contributed by atoms with Crippen LogP contribution in [-0.4, -0.2) is 53.1 Å². The van der Waals surface area contributed by atoms with E-state index in [1.54, 1.807) is 31.5 Å². The Hall–Kier alpha value is -4.02. The number of carbonyl (C=O) groups excluding carboxylic acids is 4. The lowest BCUT2D eigenvalue weighted by molar-refractivity contribution is -0.240. The zero-order valence-electron chi connectivity index (χ0n) is 24.6. The number of pyridine rings is 1. The van der Waals surface area contributed by atoms with Gasteiger partial charge in [0.15, 0.2) is 11.4 Å². The van der Waals surface area contributed by atoms with Gasteiger partial charge in [-0.1, -0.05) is 13.8 Å².